The number of hydrogen-bond acceptors (Lipinski definition) is 3. The number of methoxy groups -OCH3 is 1. The SMILES string of the molecule is COCCN(C)CC1(C(=O)O)CCCCCC1. The lowest BCUT2D eigenvalue weighted by Gasteiger charge is -2.32. The maximum absolute atomic E-state index is 11.6. The highest BCUT2D eigenvalue weighted by molar-refractivity contribution is 5.75. The van der Waals surface area contributed by atoms with Crippen LogP contribution in [0.15, 0.2) is 0 Å². The van der Waals surface area contributed by atoms with Crippen LogP contribution in [0.25, 0.3) is 0 Å². The minimum absolute atomic E-state index is 0.529. The van der Waals surface area contributed by atoms with E-state index in [9.17, 15) is 9.90 Å². The molecule has 0 atom stereocenters. The van der Waals surface area contributed by atoms with Gasteiger partial charge in [-0.2, -0.15) is 0 Å². The second-order valence-corrected chi connectivity index (χ2v) is 5.23. The Bertz CT molecular complexity index is 235. The molecule has 0 aliphatic heterocycles. The summed E-state index contributed by atoms with van der Waals surface area (Å²) < 4.78 is 5.03. The number of ether oxygens (including phenoxy) is 1. The van der Waals surface area contributed by atoms with Crippen LogP contribution in [0.3, 0.4) is 0 Å². The molecule has 4 nitrogen and oxygen atoms in total. The van der Waals surface area contributed by atoms with Crippen molar-refractivity contribution in [2.45, 2.75) is 38.5 Å². The van der Waals surface area contributed by atoms with Crippen LogP contribution in [0.1, 0.15) is 38.5 Å². The van der Waals surface area contributed by atoms with Crippen molar-refractivity contribution in [1.29, 1.82) is 0 Å². The van der Waals surface area contributed by atoms with Gasteiger partial charge in [-0.25, -0.2) is 0 Å². The Morgan fingerprint density at radius 3 is 2.35 bits per heavy atom. The Balaban J connectivity index is 2.60. The van der Waals surface area contributed by atoms with Gasteiger partial charge in [0.1, 0.15) is 0 Å². The van der Waals surface area contributed by atoms with E-state index in [1.54, 1.807) is 7.11 Å². The molecule has 0 amide bonds. The van der Waals surface area contributed by atoms with Crippen molar-refractivity contribution in [3.63, 3.8) is 0 Å². The van der Waals surface area contributed by atoms with Gasteiger partial charge in [0, 0.05) is 20.2 Å². The van der Waals surface area contributed by atoms with Gasteiger partial charge in [-0.1, -0.05) is 25.7 Å². The number of carbonyl (C=O) groups is 1. The predicted octanol–water partition coefficient (Wildman–Crippen LogP) is 1.99. The van der Waals surface area contributed by atoms with Crippen molar-refractivity contribution in [1.82, 2.24) is 4.90 Å². The number of carboxylic acid groups (broad SMARTS) is 1. The minimum atomic E-state index is -0.622. The molecule has 1 saturated carbocycles. The third-order valence-electron chi connectivity index (χ3n) is 3.76. The molecule has 1 fully saturated rings. The highest BCUT2D eigenvalue weighted by Gasteiger charge is 2.39. The standard InChI is InChI=1S/C13H25NO3/c1-14(9-10-17-2)11-13(12(15)16)7-5-3-4-6-8-13/h3-11H2,1-2H3,(H,15,16). The highest BCUT2D eigenvalue weighted by atomic mass is 16.5. The molecule has 0 spiro atoms. The lowest BCUT2D eigenvalue weighted by Crippen LogP contribution is -2.42. The molecule has 17 heavy (non-hydrogen) atoms. The lowest BCUT2D eigenvalue weighted by atomic mass is 9.80. The van der Waals surface area contributed by atoms with Gasteiger partial charge in [0.2, 0.25) is 0 Å². The van der Waals surface area contributed by atoms with E-state index < -0.39 is 11.4 Å². The van der Waals surface area contributed by atoms with Crippen molar-refractivity contribution >= 4 is 5.97 Å². The summed E-state index contributed by atoms with van der Waals surface area (Å²) in [7, 11) is 3.65. The van der Waals surface area contributed by atoms with E-state index in [1.165, 1.54) is 12.8 Å². The first-order valence-corrected chi connectivity index (χ1v) is 6.51. The average molecular weight is 243 g/mol. The summed E-state index contributed by atoms with van der Waals surface area (Å²) >= 11 is 0. The van der Waals surface area contributed by atoms with E-state index in [4.69, 9.17) is 4.74 Å². The van der Waals surface area contributed by atoms with Gasteiger partial charge in [0.05, 0.1) is 12.0 Å². The van der Waals surface area contributed by atoms with E-state index >= 15 is 0 Å². The fourth-order valence-electron chi connectivity index (χ4n) is 2.69. The largest absolute Gasteiger partial charge is 0.481 e. The monoisotopic (exact) mass is 243 g/mol. The number of carboxylic acids is 1. The fourth-order valence-corrected chi connectivity index (χ4v) is 2.69. The van der Waals surface area contributed by atoms with Gasteiger partial charge in [-0.3, -0.25) is 4.79 Å². The summed E-state index contributed by atoms with van der Waals surface area (Å²) in [6.07, 6.45) is 6.09. The van der Waals surface area contributed by atoms with Crippen molar-refractivity contribution in [2.75, 3.05) is 33.9 Å². The van der Waals surface area contributed by atoms with E-state index in [0.717, 1.165) is 32.2 Å². The van der Waals surface area contributed by atoms with Gasteiger partial charge >= 0.3 is 5.97 Å². The molecule has 100 valence electrons. The molecule has 0 bridgehead atoms. The Morgan fingerprint density at radius 1 is 1.29 bits per heavy atom. The first kappa shape index (κ1) is 14.5. The van der Waals surface area contributed by atoms with E-state index in [1.807, 2.05) is 7.05 Å². The molecule has 0 saturated heterocycles. The van der Waals surface area contributed by atoms with Gasteiger partial charge in [-0.15, -0.1) is 0 Å². The summed E-state index contributed by atoms with van der Waals surface area (Å²) in [5, 5.41) is 9.53. The Hall–Kier alpha value is -0.610. The normalized spacial score (nSPS) is 20.2. The number of aliphatic carboxylic acids is 1. The first-order valence-electron chi connectivity index (χ1n) is 6.51. The van der Waals surface area contributed by atoms with E-state index in [-0.39, 0.29) is 0 Å². The first-order chi connectivity index (χ1) is 8.10. The van der Waals surface area contributed by atoms with Gasteiger partial charge in [0.25, 0.3) is 0 Å². The molecule has 0 aromatic rings. The number of likely N-dealkylation sites (N-methyl/N-ethyl adjacent to an activating group) is 1. The smallest absolute Gasteiger partial charge is 0.310 e. The molecule has 1 N–H and O–H groups in total. The van der Waals surface area contributed by atoms with Crippen LogP contribution in [0.2, 0.25) is 0 Å². The Kier molecular flexibility index (Phi) is 5.92. The minimum Gasteiger partial charge on any atom is -0.481 e. The molecule has 1 aliphatic carbocycles. The number of nitrogens with zero attached hydrogens (tertiary/aromatic N) is 1. The van der Waals surface area contributed by atoms with E-state index in [0.29, 0.717) is 13.2 Å². The van der Waals surface area contributed by atoms with Gasteiger partial charge in [-0.05, 0) is 19.9 Å². The summed E-state index contributed by atoms with van der Waals surface area (Å²) in [5.41, 5.74) is -0.529. The summed E-state index contributed by atoms with van der Waals surface area (Å²) in [5.74, 6) is -0.622. The van der Waals surface area contributed by atoms with Gasteiger partial charge < -0.3 is 14.7 Å². The quantitative estimate of drug-likeness (QED) is 0.725. The van der Waals surface area contributed by atoms with Crippen LogP contribution in [0, 0.1) is 5.41 Å². The summed E-state index contributed by atoms with van der Waals surface area (Å²) in [6, 6.07) is 0. The number of rotatable bonds is 6. The molecule has 4 heteroatoms. The molecule has 0 heterocycles. The zero-order valence-corrected chi connectivity index (χ0v) is 11.1. The van der Waals surface area contributed by atoms with Crippen LogP contribution in [-0.2, 0) is 9.53 Å². The molecule has 1 rings (SSSR count). The molecular weight excluding hydrogens is 218 g/mol. The maximum Gasteiger partial charge on any atom is 0.310 e. The van der Waals surface area contributed by atoms with E-state index in [2.05, 4.69) is 4.90 Å². The summed E-state index contributed by atoms with van der Waals surface area (Å²) in [4.78, 5) is 13.7. The zero-order chi connectivity index (χ0) is 12.7. The van der Waals surface area contributed by atoms with Crippen molar-refractivity contribution in [3.8, 4) is 0 Å². The van der Waals surface area contributed by atoms with Crippen molar-refractivity contribution in [3.05, 3.63) is 0 Å². The molecule has 0 radical (unpaired) electrons. The second kappa shape index (κ2) is 6.97. The Labute approximate surface area is 104 Å². The van der Waals surface area contributed by atoms with Crippen LogP contribution < -0.4 is 0 Å². The molecule has 1 aliphatic rings. The van der Waals surface area contributed by atoms with Crippen LogP contribution in [-0.4, -0.2) is 49.8 Å². The predicted molar refractivity (Wildman–Crippen MR) is 67.1 cm³/mol. The molecule has 0 unspecified atom stereocenters. The van der Waals surface area contributed by atoms with Crippen molar-refractivity contribution in [2.24, 2.45) is 5.41 Å². The Morgan fingerprint density at radius 2 is 1.88 bits per heavy atom. The molecular formula is C13H25NO3. The van der Waals surface area contributed by atoms with Crippen LogP contribution >= 0.6 is 0 Å². The lowest BCUT2D eigenvalue weighted by molar-refractivity contribution is -0.151. The van der Waals surface area contributed by atoms with Crippen LogP contribution in [0.5, 0.6) is 0 Å². The third-order valence-corrected chi connectivity index (χ3v) is 3.76. The fraction of sp³-hybridized carbons (Fsp3) is 0.923. The molecule has 0 aromatic heterocycles. The number of hydrogen-bond donors (Lipinski definition) is 1. The van der Waals surface area contributed by atoms with Crippen molar-refractivity contribution < 1.29 is 14.6 Å². The zero-order valence-electron chi connectivity index (χ0n) is 11.1. The second-order valence-electron chi connectivity index (χ2n) is 5.23. The maximum atomic E-state index is 11.6. The highest BCUT2D eigenvalue weighted by Crippen LogP contribution is 2.35. The average Bonchev–Trinajstić information content (AvgIpc) is 2.53. The van der Waals surface area contributed by atoms with Gasteiger partial charge in [0.15, 0.2) is 0 Å². The molecule has 0 aromatic carbocycles. The van der Waals surface area contributed by atoms with Crippen LogP contribution in [0.4, 0.5) is 0 Å². The summed E-state index contributed by atoms with van der Waals surface area (Å²) in [6.45, 7) is 2.10. The topological polar surface area (TPSA) is 49.8 Å². The third kappa shape index (κ3) is 4.28.